The van der Waals surface area contributed by atoms with Gasteiger partial charge < -0.3 is 9.73 Å². The minimum atomic E-state index is -0.534. The molecule has 3 amide bonds. The lowest BCUT2D eigenvalue weighted by Gasteiger charge is -2.16. The van der Waals surface area contributed by atoms with E-state index in [-0.39, 0.29) is 6.04 Å². The van der Waals surface area contributed by atoms with Crippen LogP contribution in [0, 0.1) is 5.92 Å². The molecule has 1 aliphatic carbocycles. The zero-order valence-electron chi connectivity index (χ0n) is 15.9. The summed E-state index contributed by atoms with van der Waals surface area (Å²) in [7, 11) is 0. The fourth-order valence-electron chi connectivity index (χ4n) is 2.88. The molecule has 3 rings (SSSR count). The minimum absolute atomic E-state index is 0.0427. The van der Waals surface area contributed by atoms with Crippen molar-refractivity contribution in [2.75, 3.05) is 0 Å². The van der Waals surface area contributed by atoms with Crippen LogP contribution in [0.5, 0.6) is 0 Å². The number of fused-ring (bicyclic) bond motifs is 1. The van der Waals surface area contributed by atoms with Crippen molar-refractivity contribution in [3.63, 3.8) is 0 Å². The maximum absolute atomic E-state index is 12.1. The Balaban J connectivity index is 1.61. The average Bonchev–Trinajstić information content (AvgIpc) is 3.19. The number of aromatic nitrogens is 2. The summed E-state index contributed by atoms with van der Waals surface area (Å²) in [6.07, 6.45) is 3.42. The standard InChI is InChI=1S/C18H24N4O3S2/c1-9(2)19-17(24)20-15(23)11(4)26-18-22-21-16(25-18)14-8-12-7-10(3)5-6-13(12)27-14/h8-11H,5-7H2,1-4H3,(H2,19,20,23,24)/t10-,11+/m1/s1. The third-order valence-corrected chi connectivity index (χ3v) is 6.41. The second-order valence-electron chi connectivity index (χ2n) is 7.16. The normalized spacial score (nSPS) is 17.4. The summed E-state index contributed by atoms with van der Waals surface area (Å²) in [5, 5.41) is 12.9. The Labute approximate surface area is 166 Å². The Morgan fingerprint density at radius 2 is 2.11 bits per heavy atom. The largest absolute Gasteiger partial charge is 0.410 e. The molecule has 0 unspecified atom stereocenters. The number of carbonyl (C=O) groups is 2. The van der Waals surface area contributed by atoms with Crippen molar-refractivity contribution in [3.8, 4) is 10.8 Å². The van der Waals surface area contributed by atoms with E-state index in [1.165, 1.54) is 16.9 Å². The van der Waals surface area contributed by atoms with Crippen LogP contribution in [-0.4, -0.2) is 33.4 Å². The molecule has 0 radical (unpaired) electrons. The number of urea groups is 1. The number of hydrogen-bond donors (Lipinski definition) is 2. The summed E-state index contributed by atoms with van der Waals surface area (Å²) in [5.41, 5.74) is 1.38. The number of amides is 3. The van der Waals surface area contributed by atoms with Crippen molar-refractivity contribution in [1.82, 2.24) is 20.8 Å². The maximum Gasteiger partial charge on any atom is 0.321 e. The predicted octanol–water partition coefficient (Wildman–Crippen LogP) is 3.64. The summed E-state index contributed by atoms with van der Waals surface area (Å²) in [5.74, 6) is 0.786. The molecule has 0 aliphatic heterocycles. The van der Waals surface area contributed by atoms with Gasteiger partial charge in [0.25, 0.3) is 11.1 Å². The van der Waals surface area contributed by atoms with Crippen LogP contribution in [-0.2, 0) is 17.6 Å². The highest BCUT2D eigenvalue weighted by molar-refractivity contribution is 8.00. The summed E-state index contributed by atoms with van der Waals surface area (Å²) in [6.45, 7) is 7.61. The summed E-state index contributed by atoms with van der Waals surface area (Å²) < 4.78 is 5.74. The van der Waals surface area contributed by atoms with Gasteiger partial charge in [-0.05, 0) is 57.6 Å². The van der Waals surface area contributed by atoms with Crippen LogP contribution >= 0.6 is 23.1 Å². The third-order valence-electron chi connectivity index (χ3n) is 4.25. The maximum atomic E-state index is 12.1. The molecule has 146 valence electrons. The monoisotopic (exact) mass is 408 g/mol. The number of thiophene rings is 1. The number of imide groups is 1. The van der Waals surface area contributed by atoms with Gasteiger partial charge in [-0.2, -0.15) is 0 Å². The second kappa shape index (κ2) is 8.43. The smallest absolute Gasteiger partial charge is 0.321 e. The lowest BCUT2D eigenvalue weighted by Crippen LogP contribution is -2.45. The van der Waals surface area contributed by atoms with Crippen LogP contribution < -0.4 is 10.6 Å². The number of nitrogens with zero attached hydrogens (tertiary/aromatic N) is 2. The first kappa shape index (κ1) is 19.9. The van der Waals surface area contributed by atoms with Gasteiger partial charge in [-0.1, -0.05) is 18.7 Å². The van der Waals surface area contributed by atoms with Crippen molar-refractivity contribution >= 4 is 35.0 Å². The molecule has 9 heteroatoms. The molecular weight excluding hydrogens is 384 g/mol. The topological polar surface area (TPSA) is 97.1 Å². The fourth-order valence-corrected chi connectivity index (χ4v) is 4.70. The van der Waals surface area contributed by atoms with Gasteiger partial charge >= 0.3 is 6.03 Å². The molecule has 7 nitrogen and oxygen atoms in total. The number of nitrogens with one attached hydrogen (secondary N) is 2. The van der Waals surface area contributed by atoms with Crippen molar-refractivity contribution in [2.24, 2.45) is 5.92 Å². The molecule has 2 heterocycles. The Kier molecular flexibility index (Phi) is 6.21. The lowest BCUT2D eigenvalue weighted by atomic mass is 9.90. The first-order valence-corrected chi connectivity index (χ1v) is 10.7. The van der Waals surface area contributed by atoms with Gasteiger partial charge in [0.2, 0.25) is 5.91 Å². The average molecular weight is 409 g/mol. The summed E-state index contributed by atoms with van der Waals surface area (Å²) in [4.78, 5) is 26.1. The Morgan fingerprint density at radius 1 is 1.33 bits per heavy atom. The van der Waals surface area contributed by atoms with Crippen LogP contribution in [0.15, 0.2) is 15.7 Å². The number of hydrogen-bond acceptors (Lipinski definition) is 7. The van der Waals surface area contributed by atoms with Gasteiger partial charge in [-0.3, -0.25) is 10.1 Å². The van der Waals surface area contributed by atoms with E-state index in [4.69, 9.17) is 4.42 Å². The van der Waals surface area contributed by atoms with E-state index in [1.54, 1.807) is 18.3 Å². The molecule has 0 saturated heterocycles. The second-order valence-corrected chi connectivity index (χ2v) is 9.59. The molecule has 2 aromatic heterocycles. The highest BCUT2D eigenvalue weighted by Crippen LogP contribution is 2.37. The SMILES string of the molecule is CC(C)NC(=O)NC(=O)[C@H](C)Sc1nnc(-c2cc3c(s2)CC[C@@H](C)C3)o1. The molecule has 1 aliphatic rings. The van der Waals surface area contributed by atoms with Crippen LogP contribution in [0.2, 0.25) is 0 Å². The predicted molar refractivity (Wildman–Crippen MR) is 106 cm³/mol. The number of rotatable bonds is 5. The van der Waals surface area contributed by atoms with Crippen molar-refractivity contribution < 1.29 is 14.0 Å². The number of carbonyl (C=O) groups excluding carboxylic acids is 2. The van der Waals surface area contributed by atoms with Crippen LogP contribution in [0.1, 0.15) is 44.6 Å². The Bertz CT molecular complexity index is 830. The van der Waals surface area contributed by atoms with E-state index in [0.717, 1.165) is 29.5 Å². The van der Waals surface area contributed by atoms with Crippen LogP contribution in [0.25, 0.3) is 10.8 Å². The zero-order valence-corrected chi connectivity index (χ0v) is 17.5. The Morgan fingerprint density at radius 3 is 2.85 bits per heavy atom. The summed E-state index contributed by atoms with van der Waals surface area (Å²) >= 11 is 2.84. The van der Waals surface area contributed by atoms with Gasteiger partial charge in [0.15, 0.2) is 0 Å². The minimum Gasteiger partial charge on any atom is -0.410 e. The van der Waals surface area contributed by atoms with E-state index >= 15 is 0 Å². The molecule has 0 fully saturated rings. The van der Waals surface area contributed by atoms with E-state index in [0.29, 0.717) is 17.0 Å². The quantitative estimate of drug-likeness (QED) is 0.733. The number of thioether (sulfide) groups is 1. The zero-order chi connectivity index (χ0) is 19.6. The van der Waals surface area contributed by atoms with E-state index in [2.05, 4.69) is 33.8 Å². The molecule has 0 saturated carbocycles. The first-order valence-electron chi connectivity index (χ1n) is 9.05. The van der Waals surface area contributed by atoms with Gasteiger partial charge in [-0.25, -0.2) is 4.79 Å². The molecule has 0 spiro atoms. The number of aryl methyl sites for hydroxylation is 1. The third kappa shape index (κ3) is 5.10. The van der Waals surface area contributed by atoms with Crippen LogP contribution in [0.4, 0.5) is 4.79 Å². The van der Waals surface area contributed by atoms with E-state index in [1.807, 2.05) is 13.8 Å². The molecule has 2 atom stereocenters. The molecule has 2 N–H and O–H groups in total. The van der Waals surface area contributed by atoms with Gasteiger partial charge in [0.1, 0.15) is 0 Å². The summed E-state index contributed by atoms with van der Waals surface area (Å²) in [6, 6.07) is 1.59. The molecule has 0 bridgehead atoms. The molecular formula is C18H24N4O3S2. The van der Waals surface area contributed by atoms with E-state index < -0.39 is 17.2 Å². The van der Waals surface area contributed by atoms with Crippen LogP contribution in [0.3, 0.4) is 0 Å². The molecule has 27 heavy (non-hydrogen) atoms. The highest BCUT2D eigenvalue weighted by Gasteiger charge is 2.23. The van der Waals surface area contributed by atoms with Gasteiger partial charge in [0, 0.05) is 10.9 Å². The fraction of sp³-hybridized carbons (Fsp3) is 0.556. The molecule has 0 aromatic carbocycles. The highest BCUT2D eigenvalue weighted by atomic mass is 32.2. The first-order chi connectivity index (χ1) is 12.8. The molecule has 2 aromatic rings. The van der Waals surface area contributed by atoms with E-state index in [9.17, 15) is 9.59 Å². The van der Waals surface area contributed by atoms with Gasteiger partial charge in [0.05, 0.1) is 10.1 Å². The van der Waals surface area contributed by atoms with Gasteiger partial charge in [-0.15, -0.1) is 21.5 Å². The van der Waals surface area contributed by atoms with Crippen molar-refractivity contribution in [2.45, 2.75) is 63.5 Å². The van der Waals surface area contributed by atoms with Crippen molar-refractivity contribution in [3.05, 3.63) is 16.5 Å². The lowest BCUT2D eigenvalue weighted by molar-refractivity contribution is -0.119. The van der Waals surface area contributed by atoms with Crippen molar-refractivity contribution in [1.29, 1.82) is 0 Å². The Hall–Kier alpha value is -1.87.